The van der Waals surface area contributed by atoms with Gasteiger partial charge in [-0.15, -0.1) is 0 Å². The van der Waals surface area contributed by atoms with Gasteiger partial charge in [-0.25, -0.2) is 4.79 Å². The van der Waals surface area contributed by atoms with E-state index < -0.39 is 6.09 Å². The van der Waals surface area contributed by atoms with Crippen LogP contribution in [0.25, 0.3) is 11.1 Å². The maximum atomic E-state index is 12.2. The van der Waals surface area contributed by atoms with Crippen LogP contribution in [0.2, 0.25) is 0 Å². The molecular formula is C33H47NO10. The summed E-state index contributed by atoms with van der Waals surface area (Å²) < 4.78 is 43.0. The third kappa shape index (κ3) is 13.7. The average Bonchev–Trinajstić information content (AvgIpc) is 3.36. The SMILES string of the molecule is CCOC(=O)CCOCCOCCOCCOCCOCCOCCCNC(=O)OCC1c2ccccc2-c2ccccc21. The summed E-state index contributed by atoms with van der Waals surface area (Å²) in [5.74, 6) is -0.203. The number of carbonyl (C=O) groups is 2. The minimum atomic E-state index is -0.417. The van der Waals surface area contributed by atoms with E-state index in [1.165, 1.54) is 22.3 Å². The van der Waals surface area contributed by atoms with E-state index in [9.17, 15) is 9.59 Å². The number of benzene rings is 2. The van der Waals surface area contributed by atoms with Crippen molar-refractivity contribution >= 4 is 12.1 Å². The van der Waals surface area contributed by atoms with Crippen molar-refractivity contribution in [3.05, 3.63) is 59.7 Å². The second kappa shape index (κ2) is 22.4. The van der Waals surface area contributed by atoms with Gasteiger partial charge in [-0.1, -0.05) is 48.5 Å². The van der Waals surface area contributed by atoms with E-state index in [-0.39, 0.29) is 18.3 Å². The number of hydrogen-bond donors (Lipinski definition) is 1. The Hall–Kier alpha value is -3.06. The van der Waals surface area contributed by atoms with Gasteiger partial charge >= 0.3 is 12.1 Å². The molecule has 0 aromatic heterocycles. The molecule has 0 heterocycles. The van der Waals surface area contributed by atoms with E-state index in [2.05, 4.69) is 29.6 Å². The Balaban J connectivity index is 1.03. The van der Waals surface area contributed by atoms with Crippen LogP contribution in [-0.4, -0.2) is 111 Å². The standard InChI is InChI=1S/C33H47NO10/c1-2-43-32(35)12-15-38-17-19-40-21-23-42-25-24-41-22-20-39-18-16-37-14-7-13-34-33(36)44-26-31-29-10-5-3-8-27(29)28-9-4-6-11-30(28)31/h3-6,8-11,31H,2,7,12-26H2,1H3,(H,34,36). The minimum absolute atomic E-state index is 0.0509. The van der Waals surface area contributed by atoms with Gasteiger partial charge in [0.1, 0.15) is 6.61 Å². The maximum Gasteiger partial charge on any atom is 0.407 e. The van der Waals surface area contributed by atoms with Crippen molar-refractivity contribution in [1.82, 2.24) is 5.32 Å². The molecule has 1 aliphatic carbocycles. The fraction of sp³-hybridized carbons (Fsp3) is 0.576. The Morgan fingerprint density at radius 3 is 1.57 bits per heavy atom. The minimum Gasteiger partial charge on any atom is -0.466 e. The summed E-state index contributed by atoms with van der Waals surface area (Å²) >= 11 is 0. The Morgan fingerprint density at radius 1 is 0.614 bits per heavy atom. The third-order valence-electron chi connectivity index (χ3n) is 6.69. The number of nitrogens with one attached hydrogen (secondary N) is 1. The van der Waals surface area contributed by atoms with Crippen molar-refractivity contribution in [1.29, 1.82) is 0 Å². The fourth-order valence-corrected chi connectivity index (χ4v) is 4.60. The van der Waals surface area contributed by atoms with Crippen molar-refractivity contribution in [2.45, 2.75) is 25.7 Å². The number of amides is 1. The molecule has 44 heavy (non-hydrogen) atoms. The number of fused-ring (bicyclic) bond motifs is 3. The molecule has 2 aromatic carbocycles. The highest BCUT2D eigenvalue weighted by Gasteiger charge is 2.28. The zero-order chi connectivity index (χ0) is 31.1. The van der Waals surface area contributed by atoms with Crippen LogP contribution in [0, 0.1) is 0 Å². The van der Waals surface area contributed by atoms with Crippen molar-refractivity contribution in [3.63, 3.8) is 0 Å². The zero-order valence-electron chi connectivity index (χ0n) is 25.8. The van der Waals surface area contributed by atoms with E-state index in [0.29, 0.717) is 105 Å². The molecule has 11 nitrogen and oxygen atoms in total. The van der Waals surface area contributed by atoms with Gasteiger partial charge in [0.05, 0.1) is 85.7 Å². The number of rotatable bonds is 25. The summed E-state index contributed by atoms with van der Waals surface area (Å²) in [6.07, 6.45) is 0.520. The molecule has 11 heteroatoms. The van der Waals surface area contributed by atoms with Crippen LogP contribution in [0.15, 0.2) is 48.5 Å². The first-order valence-corrected chi connectivity index (χ1v) is 15.4. The molecule has 0 fully saturated rings. The van der Waals surface area contributed by atoms with Crippen LogP contribution in [0.5, 0.6) is 0 Å². The van der Waals surface area contributed by atoms with Gasteiger partial charge in [-0.05, 0) is 35.6 Å². The van der Waals surface area contributed by atoms with Crippen molar-refractivity contribution < 1.29 is 47.5 Å². The molecule has 0 bridgehead atoms. The molecule has 0 spiro atoms. The summed E-state index contributed by atoms with van der Waals surface area (Å²) in [4.78, 5) is 23.4. The van der Waals surface area contributed by atoms with E-state index in [1.807, 2.05) is 24.3 Å². The summed E-state index contributed by atoms with van der Waals surface area (Å²) in [7, 11) is 0. The summed E-state index contributed by atoms with van der Waals surface area (Å²) in [6.45, 7) is 8.47. The molecule has 244 valence electrons. The maximum absolute atomic E-state index is 12.2. The smallest absolute Gasteiger partial charge is 0.407 e. The summed E-state index contributed by atoms with van der Waals surface area (Å²) in [5, 5.41) is 2.80. The van der Waals surface area contributed by atoms with E-state index in [0.717, 1.165) is 0 Å². The van der Waals surface area contributed by atoms with Crippen molar-refractivity contribution in [2.24, 2.45) is 0 Å². The summed E-state index contributed by atoms with van der Waals surface area (Å²) in [6, 6.07) is 16.5. The summed E-state index contributed by atoms with van der Waals surface area (Å²) in [5.41, 5.74) is 4.80. The Kier molecular flexibility index (Phi) is 18.1. The molecule has 0 radical (unpaired) electrons. The quantitative estimate of drug-likeness (QED) is 0.129. The Labute approximate surface area is 260 Å². The molecule has 0 aliphatic heterocycles. The topological polar surface area (TPSA) is 120 Å². The van der Waals surface area contributed by atoms with Gasteiger partial charge in [-0.3, -0.25) is 4.79 Å². The zero-order valence-corrected chi connectivity index (χ0v) is 25.8. The van der Waals surface area contributed by atoms with Gasteiger partial charge in [0.2, 0.25) is 0 Å². The second-order valence-electron chi connectivity index (χ2n) is 9.84. The van der Waals surface area contributed by atoms with Crippen molar-refractivity contribution in [3.8, 4) is 11.1 Å². The second-order valence-corrected chi connectivity index (χ2v) is 9.84. The van der Waals surface area contributed by atoms with Crippen LogP contribution < -0.4 is 5.32 Å². The molecule has 2 aromatic rings. The van der Waals surface area contributed by atoms with Crippen LogP contribution in [0.3, 0.4) is 0 Å². The lowest BCUT2D eigenvalue weighted by Gasteiger charge is -2.14. The first-order chi connectivity index (χ1) is 21.7. The van der Waals surface area contributed by atoms with Crippen LogP contribution in [-0.2, 0) is 42.7 Å². The molecule has 0 saturated heterocycles. The van der Waals surface area contributed by atoms with Gasteiger partial charge in [0, 0.05) is 19.1 Å². The monoisotopic (exact) mass is 617 g/mol. The van der Waals surface area contributed by atoms with Gasteiger partial charge in [0.25, 0.3) is 0 Å². The molecule has 1 N–H and O–H groups in total. The first-order valence-electron chi connectivity index (χ1n) is 15.4. The third-order valence-corrected chi connectivity index (χ3v) is 6.69. The molecule has 1 aliphatic rings. The number of ether oxygens (including phenoxy) is 8. The van der Waals surface area contributed by atoms with Crippen molar-refractivity contribution in [2.75, 3.05) is 99.0 Å². The predicted molar refractivity (Wildman–Crippen MR) is 164 cm³/mol. The number of esters is 1. The molecular weight excluding hydrogens is 570 g/mol. The first kappa shape index (κ1) is 35.4. The normalized spacial score (nSPS) is 12.1. The molecule has 3 rings (SSSR count). The Bertz CT molecular complexity index is 1040. The number of carbonyl (C=O) groups excluding carboxylic acids is 2. The van der Waals surface area contributed by atoms with E-state index >= 15 is 0 Å². The lowest BCUT2D eigenvalue weighted by Crippen LogP contribution is -2.27. The van der Waals surface area contributed by atoms with Gasteiger partial charge < -0.3 is 43.2 Å². The lowest BCUT2D eigenvalue weighted by molar-refractivity contribution is -0.144. The fourth-order valence-electron chi connectivity index (χ4n) is 4.60. The number of hydrogen-bond acceptors (Lipinski definition) is 10. The molecule has 0 unspecified atom stereocenters. The van der Waals surface area contributed by atoms with Crippen LogP contribution >= 0.6 is 0 Å². The van der Waals surface area contributed by atoms with E-state index in [4.69, 9.17) is 37.9 Å². The lowest BCUT2D eigenvalue weighted by atomic mass is 9.98. The largest absolute Gasteiger partial charge is 0.466 e. The van der Waals surface area contributed by atoms with Gasteiger partial charge in [0.15, 0.2) is 0 Å². The predicted octanol–water partition coefficient (Wildman–Crippen LogP) is 3.97. The molecule has 0 saturated carbocycles. The molecule has 1 amide bonds. The highest BCUT2D eigenvalue weighted by Crippen LogP contribution is 2.44. The van der Waals surface area contributed by atoms with Crippen LogP contribution in [0.1, 0.15) is 36.8 Å². The van der Waals surface area contributed by atoms with E-state index in [1.54, 1.807) is 6.92 Å². The van der Waals surface area contributed by atoms with Crippen LogP contribution in [0.4, 0.5) is 4.79 Å². The highest BCUT2D eigenvalue weighted by molar-refractivity contribution is 5.79. The molecule has 0 atom stereocenters. The Morgan fingerprint density at radius 2 is 1.07 bits per heavy atom. The number of alkyl carbamates (subject to hydrolysis) is 1. The average molecular weight is 618 g/mol. The highest BCUT2D eigenvalue weighted by atomic mass is 16.6. The van der Waals surface area contributed by atoms with Gasteiger partial charge in [-0.2, -0.15) is 0 Å².